The van der Waals surface area contributed by atoms with Gasteiger partial charge < -0.3 is 9.80 Å². The molecular weight excluding hydrogens is 318 g/mol. The third-order valence-electron chi connectivity index (χ3n) is 6.92. The summed E-state index contributed by atoms with van der Waals surface area (Å²) in [6.07, 6.45) is 7.06. The lowest BCUT2D eigenvalue weighted by atomic mass is 9.89. The number of rotatable bonds is 8. The van der Waals surface area contributed by atoms with E-state index in [-0.39, 0.29) is 0 Å². The predicted molar refractivity (Wildman–Crippen MR) is 115 cm³/mol. The zero-order valence-corrected chi connectivity index (χ0v) is 18.8. The van der Waals surface area contributed by atoms with Gasteiger partial charge >= 0.3 is 0 Å². The summed E-state index contributed by atoms with van der Waals surface area (Å²) in [5.74, 6) is 1.76. The van der Waals surface area contributed by atoms with Gasteiger partial charge in [0.15, 0.2) is 0 Å². The van der Waals surface area contributed by atoms with Crippen LogP contribution in [0.25, 0.3) is 0 Å². The Morgan fingerprint density at radius 1 is 0.808 bits per heavy atom. The number of nitrogens with zero attached hydrogens (tertiary/aromatic N) is 3. The lowest BCUT2D eigenvalue weighted by Crippen LogP contribution is -2.50. The van der Waals surface area contributed by atoms with Crippen molar-refractivity contribution < 1.29 is 0 Å². The lowest BCUT2D eigenvalue weighted by molar-refractivity contribution is 0.0813. The third-order valence-corrected chi connectivity index (χ3v) is 6.92. The molecule has 0 bridgehead atoms. The summed E-state index contributed by atoms with van der Waals surface area (Å²) in [4.78, 5) is 8.10. The van der Waals surface area contributed by atoms with Gasteiger partial charge in [0.25, 0.3) is 0 Å². The summed E-state index contributed by atoms with van der Waals surface area (Å²) in [5.41, 5.74) is 0.480. The van der Waals surface area contributed by atoms with Crippen molar-refractivity contribution in [3.63, 3.8) is 0 Å². The molecule has 3 nitrogen and oxygen atoms in total. The minimum Gasteiger partial charge on any atom is -0.303 e. The summed E-state index contributed by atoms with van der Waals surface area (Å²) in [7, 11) is 0. The molecule has 0 aliphatic carbocycles. The molecule has 2 aliphatic heterocycles. The van der Waals surface area contributed by atoms with Crippen molar-refractivity contribution in [2.45, 2.75) is 79.7 Å². The van der Waals surface area contributed by atoms with E-state index in [1.54, 1.807) is 0 Å². The maximum Gasteiger partial charge on any atom is 0.0113 e. The number of piperidine rings is 1. The SMILES string of the molecule is CC(C)[C@H](C)N1CCN(CCCC2CCN(CCC(C)(C)C)CC2)CC1. The van der Waals surface area contributed by atoms with E-state index < -0.39 is 0 Å². The molecule has 154 valence electrons. The van der Waals surface area contributed by atoms with Crippen LogP contribution in [0, 0.1) is 17.3 Å². The van der Waals surface area contributed by atoms with Gasteiger partial charge in [0.05, 0.1) is 0 Å². The first-order valence-electron chi connectivity index (χ1n) is 11.4. The second-order valence-corrected chi connectivity index (χ2v) is 10.6. The third kappa shape index (κ3) is 7.86. The average Bonchev–Trinajstić information content (AvgIpc) is 2.60. The summed E-state index contributed by atoms with van der Waals surface area (Å²) in [6.45, 7) is 24.6. The van der Waals surface area contributed by atoms with E-state index in [9.17, 15) is 0 Å². The molecule has 0 spiro atoms. The fraction of sp³-hybridized carbons (Fsp3) is 1.00. The summed E-state index contributed by atoms with van der Waals surface area (Å²) >= 11 is 0. The Hall–Kier alpha value is -0.120. The normalized spacial score (nSPS) is 23.7. The molecule has 2 rings (SSSR count). The molecule has 3 heteroatoms. The van der Waals surface area contributed by atoms with Crippen molar-refractivity contribution in [1.29, 1.82) is 0 Å². The minimum absolute atomic E-state index is 0.480. The maximum atomic E-state index is 2.71. The van der Waals surface area contributed by atoms with Gasteiger partial charge in [-0.3, -0.25) is 4.90 Å². The predicted octanol–water partition coefficient (Wildman–Crippen LogP) is 4.58. The van der Waals surface area contributed by atoms with Crippen LogP contribution < -0.4 is 0 Å². The standard InChI is InChI=1S/C23H47N3/c1-20(2)21(3)26-18-16-24(17-19-26)12-7-8-22-9-13-25(14-10-22)15-11-23(4,5)6/h20-22H,7-19H2,1-6H3/t21-/m0/s1. The van der Waals surface area contributed by atoms with E-state index in [1.165, 1.54) is 84.5 Å². The molecular formula is C23H47N3. The molecule has 1 atom stereocenters. The van der Waals surface area contributed by atoms with E-state index in [2.05, 4.69) is 56.2 Å². The highest BCUT2D eigenvalue weighted by Gasteiger charge is 2.24. The van der Waals surface area contributed by atoms with Crippen LogP contribution in [-0.2, 0) is 0 Å². The van der Waals surface area contributed by atoms with E-state index >= 15 is 0 Å². The fourth-order valence-electron chi connectivity index (χ4n) is 4.41. The number of hydrogen-bond acceptors (Lipinski definition) is 3. The van der Waals surface area contributed by atoms with Gasteiger partial charge in [0, 0.05) is 32.2 Å². The molecule has 2 fully saturated rings. The molecule has 2 heterocycles. The molecule has 0 N–H and O–H groups in total. The summed E-state index contributed by atoms with van der Waals surface area (Å²) in [5, 5.41) is 0. The molecule has 2 saturated heterocycles. The smallest absolute Gasteiger partial charge is 0.0113 e. The van der Waals surface area contributed by atoms with Crippen molar-refractivity contribution in [1.82, 2.24) is 14.7 Å². The van der Waals surface area contributed by atoms with Crippen molar-refractivity contribution in [2.24, 2.45) is 17.3 Å². The Bertz CT molecular complexity index is 371. The molecule has 0 aromatic rings. The van der Waals surface area contributed by atoms with Crippen molar-refractivity contribution in [2.75, 3.05) is 52.4 Å². The largest absolute Gasteiger partial charge is 0.303 e. The topological polar surface area (TPSA) is 9.72 Å². The number of hydrogen-bond donors (Lipinski definition) is 0. The Morgan fingerprint density at radius 3 is 1.92 bits per heavy atom. The summed E-state index contributed by atoms with van der Waals surface area (Å²) in [6, 6.07) is 0.737. The van der Waals surface area contributed by atoms with Gasteiger partial charge in [-0.05, 0) is 82.5 Å². The molecule has 0 aromatic carbocycles. The van der Waals surface area contributed by atoms with Gasteiger partial charge in [-0.15, -0.1) is 0 Å². The van der Waals surface area contributed by atoms with Crippen LogP contribution in [0.15, 0.2) is 0 Å². The van der Waals surface area contributed by atoms with E-state index in [4.69, 9.17) is 0 Å². The van der Waals surface area contributed by atoms with Gasteiger partial charge in [0.1, 0.15) is 0 Å². The first-order valence-corrected chi connectivity index (χ1v) is 11.4. The van der Waals surface area contributed by atoms with Crippen molar-refractivity contribution in [3.8, 4) is 0 Å². The van der Waals surface area contributed by atoms with Crippen LogP contribution in [0.5, 0.6) is 0 Å². The van der Waals surface area contributed by atoms with Crippen LogP contribution in [0.1, 0.15) is 73.6 Å². The summed E-state index contributed by atoms with van der Waals surface area (Å²) < 4.78 is 0. The van der Waals surface area contributed by atoms with Gasteiger partial charge in [-0.1, -0.05) is 34.6 Å². The molecule has 0 saturated carbocycles. The zero-order valence-electron chi connectivity index (χ0n) is 18.8. The fourth-order valence-corrected chi connectivity index (χ4v) is 4.41. The second-order valence-electron chi connectivity index (χ2n) is 10.6. The molecule has 0 unspecified atom stereocenters. The average molecular weight is 366 g/mol. The van der Waals surface area contributed by atoms with Crippen LogP contribution in [-0.4, -0.2) is 73.1 Å². The van der Waals surface area contributed by atoms with Crippen LogP contribution in [0.2, 0.25) is 0 Å². The Morgan fingerprint density at radius 2 is 1.38 bits per heavy atom. The van der Waals surface area contributed by atoms with E-state index in [1.807, 2.05) is 0 Å². The van der Waals surface area contributed by atoms with Crippen LogP contribution in [0.4, 0.5) is 0 Å². The van der Waals surface area contributed by atoms with Crippen molar-refractivity contribution in [3.05, 3.63) is 0 Å². The van der Waals surface area contributed by atoms with Gasteiger partial charge in [-0.25, -0.2) is 0 Å². The van der Waals surface area contributed by atoms with Gasteiger partial charge in [-0.2, -0.15) is 0 Å². The molecule has 0 radical (unpaired) electrons. The van der Waals surface area contributed by atoms with E-state index in [0.29, 0.717) is 5.41 Å². The van der Waals surface area contributed by atoms with Crippen LogP contribution >= 0.6 is 0 Å². The van der Waals surface area contributed by atoms with Crippen molar-refractivity contribution >= 4 is 0 Å². The Kier molecular flexibility index (Phi) is 8.90. The minimum atomic E-state index is 0.480. The van der Waals surface area contributed by atoms with Gasteiger partial charge in [0.2, 0.25) is 0 Å². The lowest BCUT2D eigenvalue weighted by Gasteiger charge is -2.39. The molecule has 0 amide bonds. The number of piperazine rings is 1. The Balaban J connectivity index is 1.54. The molecule has 26 heavy (non-hydrogen) atoms. The Labute approximate surface area is 164 Å². The monoisotopic (exact) mass is 365 g/mol. The number of likely N-dealkylation sites (tertiary alicyclic amines) is 1. The first-order chi connectivity index (χ1) is 12.2. The highest BCUT2D eigenvalue weighted by molar-refractivity contribution is 4.79. The highest BCUT2D eigenvalue weighted by atomic mass is 15.3. The maximum absolute atomic E-state index is 2.71. The highest BCUT2D eigenvalue weighted by Crippen LogP contribution is 2.25. The van der Waals surface area contributed by atoms with Crippen LogP contribution in [0.3, 0.4) is 0 Å². The van der Waals surface area contributed by atoms with E-state index in [0.717, 1.165) is 17.9 Å². The second kappa shape index (κ2) is 10.4. The quantitative estimate of drug-likeness (QED) is 0.623. The zero-order chi connectivity index (χ0) is 19.2. The first kappa shape index (κ1) is 22.2. The molecule has 0 aromatic heterocycles. The molecule has 2 aliphatic rings.